The van der Waals surface area contributed by atoms with E-state index in [9.17, 15) is 5.26 Å². The molecule has 21 heavy (non-hydrogen) atoms. The van der Waals surface area contributed by atoms with Crippen LogP contribution < -0.4 is 10.6 Å². The number of aliphatic hydroxyl groups is 1. The van der Waals surface area contributed by atoms with Gasteiger partial charge in [-0.3, -0.25) is 0 Å². The second-order valence-corrected chi connectivity index (χ2v) is 7.03. The molecule has 1 aliphatic rings. The predicted octanol–water partition coefficient (Wildman–Crippen LogP) is 0.947. The Balaban J connectivity index is 2.20. The van der Waals surface area contributed by atoms with E-state index in [1.807, 2.05) is 0 Å². The van der Waals surface area contributed by atoms with Crippen molar-refractivity contribution in [2.75, 3.05) is 24.6 Å². The molecule has 0 saturated carbocycles. The Morgan fingerprint density at radius 2 is 2.19 bits per heavy atom. The molecule has 0 aromatic carbocycles. The molecule has 0 unspecified atom stereocenters. The summed E-state index contributed by atoms with van der Waals surface area (Å²) in [7, 11) is 0. The fourth-order valence-corrected chi connectivity index (χ4v) is 3.12. The van der Waals surface area contributed by atoms with Crippen LogP contribution in [0, 0.1) is 22.7 Å². The van der Waals surface area contributed by atoms with E-state index in [0.717, 1.165) is 25.3 Å². The van der Waals surface area contributed by atoms with E-state index in [1.54, 1.807) is 10.9 Å². The smallest absolute Gasteiger partial charge is 0.145 e. The van der Waals surface area contributed by atoms with Gasteiger partial charge >= 0.3 is 0 Å². The molecule has 2 rings (SSSR count). The summed E-state index contributed by atoms with van der Waals surface area (Å²) in [4.78, 5) is 2.14. The molecule has 2 atom stereocenters. The van der Waals surface area contributed by atoms with Crippen molar-refractivity contribution in [2.45, 2.75) is 39.8 Å². The maximum Gasteiger partial charge on any atom is 0.145 e. The molecule has 0 spiro atoms. The summed E-state index contributed by atoms with van der Waals surface area (Å²) in [6, 6.07) is 2.29. The standard InChI is InChI=1S/C15H25N5O/c1-15(2,3)6-11-9-19(10-13(11)17)14-12(7-16)8-18-20(14)4-5-21/h8,11,13,21H,4-6,9-10,17H2,1-3H3/t11-,13-/m1/s1. The first kappa shape index (κ1) is 15.8. The number of nitrogens with two attached hydrogens (primary N) is 1. The zero-order valence-corrected chi connectivity index (χ0v) is 13.1. The van der Waals surface area contributed by atoms with Crippen molar-refractivity contribution in [1.82, 2.24) is 9.78 Å². The summed E-state index contributed by atoms with van der Waals surface area (Å²) in [5, 5.41) is 22.6. The van der Waals surface area contributed by atoms with Gasteiger partial charge in [0.25, 0.3) is 0 Å². The normalized spacial score (nSPS) is 22.6. The molecule has 6 nitrogen and oxygen atoms in total. The van der Waals surface area contributed by atoms with Crippen molar-refractivity contribution in [1.29, 1.82) is 5.26 Å². The van der Waals surface area contributed by atoms with Gasteiger partial charge in [0.1, 0.15) is 17.5 Å². The van der Waals surface area contributed by atoms with Gasteiger partial charge in [-0.15, -0.1) is 0 Å². The molecular formula is C15H25N5O. The van der Waals surface area contributed by atoms with Gasteiger partial charge in [-0.2, -0.15) is 10.4 Å². The minimum Gasteiger partial charge on any atom is -0.394 e. The average molecular weight is 291 g/mol. The van der Waals surface area contributed by atoms with Crippen molar-refractivity contribution in [3.8, 4) is 6.07 Å². The Labute approximate surface area is 126 Å². The molecule has 6 heteroatoms. The molecule has 0 aliphatic carbocycles. The number of anilines is 1. The zero-order chi connectivity index (χ0) is 15.6. The van der Waals surface area contributed by atoms with E-state index in [4.69, 9.17) is 10.8 Å². The summed E-state index contributed by atoms with van der Waals surface area (Å²) < 4.78 is 1.70. The molecule has 1 aliphatic heterocycles. The van der Waals surface area contributed by atoms with Gasteiger partial charge in [0.2, 0.25) is 0 Å². The van der Waals surface area contributed by atoms with Gasteiger partial charge in [-0.1, -0.05) is 20.8 Å². The largest absolute Gasteiger partial charge is 0.394 e. The van der Waals surface area contributed by atoms with Crippen molar-refractivity contribution in [3.05, 3.63) is 11.8 Å². The number of nitrogens with zero attached hydrogens (tertiary/aromatic N) is 4. The number of rotatable bonds is 4. The Morgan fingerprint density at radius 1 is 1.48 bits per heavy atom. The van der Waals surface area contributed by atoms with Crippen LogP contribution in [-0.2, 0) is 6.54 Å². The van der Waals surface area contributed by atoms with Crippen molar-refractivity contribution < 1.29 is 5.11 Å². The molecule has 0 bridgehead atoms. The number of hydrogen-bond donors (Lipinski definition) is 2. The van der Waals surface area contributed by atoms with E-state index in [2.05, 4.69) is 36.8 Å². The predicted molar refractivity (Wildman–Crippen MR) is 81.8 cm³/mol. The third-order valence-corrected chi connectivity index (χ3v) is 3.91. The zero-order valence-electron chi connectivity index (χ0n) is 13.1. The van der Waals surface area contributed by atoms with E-state index in [1.165, 1.54) is 0 Å². The Hall–Kier alpha value is -1.58. The summed E-state index contributed by atoms with van der Waals surface area (Å²) in [5.41, 5.74) is 7.08. The van der Waals surface area contributed by atoms with Gasteiger partial charge in [0, 0.05) is 19.1 Å². The van der Waals surface area contributed by atoms with Crippen molar-refractivity contribution in [2.24, 2.45) is 17.1 Å². The lowest BCUT2D eigenvalue weighted by molar-refractivity contribution is 0.269. The van der Waals surface area contributed by atoms with E-state index in [0.29, 0.717) is 18.0 Å². The molecule has 1 aromatic rings. The van der Waals surface area contributed by atoms with Crippen LogP contribution in [0.5, 0.6) is 0 Å². The van der Waals surface area contributed by atoms with Crippen molar-refractivity contribution >= 4 is 5.82 Å². The van der Waals surface area contributed by atoms with Crippen LogP contribution in [0.4, 0.5) is 5.82 Å². The highest BCUT2D eigenvalue weighted by Gasteiger charge is 2.35. The van der Waals surface area contributed by atoms with Crippen LogP contribution >= 0.6 is 0 Å². The van der Waals surface area contributed by atoms with Gasteiger partial charge in [-0.05, 0) is 17.8 Å². The highest BCUT2D eigenvalue weighted by atomic mass is 16.3. The molecule has 1 saturated heterocycles. The Kier molecular flexibility index (Phi) is 4.55. The van der Waals surface area contributed by atoms with Crippen LogP contribution in [0.3, 0.4) is 0 Å². The summed E-state index contributed by atoms with van der Waals surface area (Å²) in [5.74, 6) is 1.20. The molecule has 3 N–H and O–H groups in total. The van der Waals surface area contributed by atoms with Crippen LogP contribution in [-0.4, -0.2) is 40.6 Å². The second-order valence-electron chi connectivity index (χ2n) is 7.03. The third kappa shape index (κ3) is 3.55. The van der Waals surface area contributed by atoms with Gasteiger partial charge < -0.3 is 15.7 Å². The Morgan fingerprint density at radius 3 is 2.76 bits per heavy atom. The molecule has 0 radical (unpaired) electrons. The van der Waals surface area contributed by atoms with Crippen LogP contribution in [0.25, 0.3) is 0 Å². The Bertz CT molecular complexity index is 525. The van der Waals surface area contributed by atoms with E-state index < -0.39 is 0 Å². The fraction of sp³-hybridized carbons (Fsp3) is 0.733. The van der Waals surface area contributed by atoms with Crippen LogP contribution in [0.15, 0.2) is 6.20 Å². The first-order valence-electron chi connectivity index (χ1n) is 7.43. The quantitative estimate of drug-likeness (QED) is 0.861. The van der Waals surface area contributed by atoms with Gasteiger partial charge in [-0.25, -0.2) is 4.68 Å². The monoisotopic (exact) mass is 291 g/mol. The number of hydrogen-bond acceptors (Lipinski definition) is 5. The lowest BCUT2D eigenvalue weighted by Crippen LogP contribution is -2.32. The molecular weight excluding hydrogens is 266 g/mol. The molecule has 1 aromatic heterocycles. The number of nitriles is 1. The van der Waals surface area contributed by atoms with Gasteiger partial charge in [0.15, 0.2) is 0 Å². The minimum atomic E-state index is 0.00482. The lowest BCUT2D eigenvalue weighted by atomic mass is 9.83. The molecule has 0 amide bonds. The van der Waals surface area contributed by atoms with Crippen LogP contribution in [0.2, 0.25) is 0 Å². The third-order valence-electron chi connectivity index (χ3n) is 3.91. The second kappa shape index (κ2) is 6.04. The van der Waals surface area contributed by atoms with Crippen LogP contribution in [0.1, 0.15) is 32.8 Å². The molecule has 116 valence electrons. The average Bonchev–Trinajstić information content (AvgIpc) is 2.92. The first-order chi connectivity index (χ1) is 9.85. The summed E-state index contributed by atoms with van der Waals surface area (Å²) in [6.45, 7) is 8.63. The van der Waals surface area contributed by atoms with Gasteiger partial charge in [0.05, 0.1) is 19.3 Å². The summed E-state index contributed by atoms with van der Waals surface area (Å²) >= 11 is 0. The highest BCUT2D eigenvalue weighted by Crippen LogP contribution is 2.33. The maximum absolute atomic E-state index is 9.25. The molecule has 2 heterocycles. The van der Waals surface area contributed by atoms with E-state index in [-0.39, 0.29) is 18.1 Å². The summed E-state index contributed by atoms with van der Waals surface area (Å²) in [6.07, 6.45) is 2.62. The molecule has 1 fully saturated rings. The fourth-order valence-electron chi connectivity index (χ4n) is 3.12. The topological polar surface area (TPSA) is 91.1 Å². The number of aromatic nitrogens is 2. The lowest BCUT2D eigenvalue weighted by Gasteiger charge is -2.25. The number of aliphatic hydroxyl groups excluding tert-OH is 1. The van der Waals surface area contributed by atoms with Crippen molar-refractivity contribution in [3.63, 3.8) is 0 Å². The maximum atomic E-state index is 9.25. The SMILES string of the molecule is CC(C)(C)C[C@@H]1CN(c2c(C#N)cnn2CCO)C[C@H]1N. The minimum absolute atomic E-state index is 0.00482. The highest BCUT2D eigenvalue weighted by molar-refractivity contribution is 5.54. The van der Waals surface area contributed by atoms with E-state index >= 15 is 0 Å². The first-order valence-corrected chi connectivity index (χ1v) is 7.43.